The summed E-state index contributed by atoms with van der Waals surface area (Å²) in [6.07, 6.45) is -6.35. The molecule has 0 saturated carbocycles. The number of hydrogen-bond donors (Lipinski definition) is 6. The molecule has 2 unspecified atom stereocenters. The van der Waals surface area contributed by atoms with E-state index in [1.165, 1.54) is 0 Å². The summed E-state index contributed by atoms with van der Waals surface area (Å²) in [5.41, 5.74) is 1.66. The van der Waals surface area contributed by atoms with Crippen molar-refractivity contribution in [3.8, 4) is 0 Å². The number of phosphoric acid groups is 3. The van der Waals surface area contributed by atoms with Crippen molar-refractivity contribution in [2.75, 3.05) is 6.61 Å². The number of aryl methyl sites for hydroxylation is 1. The molecule has 1 aromatic heterocycles. The molecule has 0 radical (unpaired) electrons. The van der Waals surface area contributed by atoms with E-state index in [-0.39, 0.29) is 5.89 Å². The monoisotopic (exact) mass is 505 g/mol. The summed E-state index contributed by atoms with van der Waals surface area (Å²) in [5.74, 6) is -0.135. The van der Waals surface area contributed by atoms with Crippen molar-refractivity contribution >= 4 is 34.6 Å². The Morgan fingerprint density at radius 1 is 1.10 bits per heavy atom. The fraction of sp³-hybridized carbons (Fsp3) is 0.462. The molecule has 6 N–H and O–H groups in total. The second kappa shape index (κ2) is 8.73. The highest BCUT2D eigenvalue weighted by molar-refractivity contribution is 7.66. The minimum Gasteiger partial charge on any atom is -0.438 e. The van der Waals surface area contributed by atoms with Crippen LogP contribution in [0.4, 0.5) is 0 Å². The quantitative estimate of drug-likeness (QED) is 0.270. The van der Waals surface area contributed by atoms with Crippen molar-refractivity contribution in [1.82, 2.24) is 4.98 Å². The molecule has 2 heterocycles. The second-order valence-electron chi connectivity index (χ2n) is 6.45. The van der Waals surface area contributed by atoms with E-state index in [1.807, 2.05) is 6.92 Å². The highest BCUT2D eigenvalue weighted by Gasteiger charge is 2.52. The fourth-order valence-corrected chi connectivity index (χ4v) is 6.08. The highest BCUT2D eigenvalue weighted by atomic mass is 31.3. The summed E-state index contributed by atoms with van der Waals surface area (Å²) >= 11 is 0. The Morgan fingerprint density at radius 2 is 1.77 bits per heavy atom. The molecule has 1 aliphatic heterocycles. The van der Waals surface area contributed by atoms with Gasteiger partial charge in [0.1, 0.15) is 23.8 Å². The molecule has 1 fully saturated rings. The Hall–Kier alpha value is -1.02. The van der Waals surface area contributed by atoms with E-state index in [9.17, 15) is 33.7 Å². The van der Waals surface area contributed by atoms with E-state index in [2.05, 4.69) is 18.1 Å². The number of hydrogen-bond acceptors (Lipinski definition) is 11. The number of aliphatic hydroxyl groups is 2. The first-order valence-electron chi connectivity index (χ1n) is 8.33. The number of benzene rings is 1. The van der Waals surface area contributed by atoms with Gasteiger partial charge < -0.3 is 38.9 Å². The van der Waals surface area contributed by atoms with Gasteiger partial charge in [0, 0.05) is 0 Å². The van der Waals surface area contributed by atoms with E-state index in [4.69, 9.17) is 18.9 Å². The average molecular weight is 505 g/mol. The van der Waals surface area contributed by atoms with Crippen molar-refractivity contribution in [2.24, 2.45) is 0 Å². The number of fused-ring (bicyclic) bond motifs is 1. The molecule has 6 atom stereocenters. The van der Waals surface area contributed by atoms with Gasteiger partial charge in [0.05, 0.1) is 6.61 Å². The zero-order chi connectivity index (χ0) is 23.2. The molecule has 0 amide bonds. The van der Waals surface area contributed by atoms with Crippen LogP contribution < -0.4 is 0 Å². The summed E-state index contributed by atoms with van der Waals surface area (Å²) in [6, 6.07) is 5.06. The normalized spacial score (nSPS) is 28.5. The van der Waals surface area contributed by atoms with Crippen LogP contribution in [0.25, 0.3) is 11.1 Å². The predicted octanol–water partition coefficient (Wildman–Crippen LogP) is 0.641. The molecule has 2 aromatic rings. The first-order valence-corrected chi connectivity index (χ1v) is 12.9. The van der Waals surface area contributed by atoms with E-state index in [0.29, 0.717) is 11.1 Å². The molecule has 0 spiro atoms. The van der Waals surface area contributed by atoms with E-state index in [0.717, 1.165) is 5.56 Å². The van der Waals surface area contributed by atoms with Crippen LogP contribution in [-0.2, 0) is 31.6 Å². The number of ether oxygens (including phenoxy) is 1. The maximum Gasteiger partial charge on any atom is 0.490 e. The van der Waals surface area contributed by atoms with Crippen molar-refractivity contribution in [2.45, 2.75) is 31.3 Å². The molecule has 1 aromatic carbocycles. The molecule has 15 nitrogen and oxygen atoms in total. The Morgan fingerprint density at radius 3 is 2.39 bits per heavy atom. The molecule has 174 valence electrons. The number of phosphoric ester groups is 1. The van der Waals surface area contributed by atoms with Gasteiger partial charge in [0.15, 0.2) is 11.7 Å². The molecular weight excluding hydrogens is 487 g/mol. The van der Waals surface area contributed by atoms with Crippen molar-refractivity contribution in [1.29, 1.82) is 0 Å². The van der Waals surface area contributed by atoms with Gasteiger partial charge in [-0.05, 0) is 24.6 Å². The lowest BCUT2D eigenvalue weighted by Gasteiger charge is -2.22. The van der Waals surface area contributed by atoms with Crippen molar-refractivity contribution in [3.63, 3.8) is 0 Å². The van der Waals surface area contributed by atoms with Crippen LogP contribution >= 0.6 is 23.5 Å². The third-order valence-electron chi connectivity index (χ3n) is 3.99. The van der Waals surface area contributed by atoms with Gasteiger partial charge in [0.25, 0.3) is 0 Å². The average Bonchev–Trinajstić information content (AvgIpc) is 3.12. The summed E-state index contributed by atoms with van der Waals surface area (Å²) in [6.45, 7) is 0.989. The Bertz CT molecular complexity index is 1100. The zero-order valence-electron chi connectivity index (χ0n) is 15.5. The topological polar surface area (TPSA) is 236 Å². The number of nitrogens with zero attached hydrogens (tertiary/aromatic N) is 1. The highest BCUT2D eigenvalue weighted by Crippen LogP contribution is 2.67. The lowest BCUT2D eigenvalue weighted by molar-refractivity contribution is -0.0299. The lowest BCUT2D eigenvalue weighted by Crippen LogP contribution is -2.35. The maximum atomic E-state index is 12.1. The van der Waals surface area contributed by atoms with Crippen LogP contribution in [0.1, 0.15) is 17.6 Å². The predicted molar refractivity (Wildman–Crippen MR) is 98.2 cm³/mol. The van der Waals surface area contributed by atoms with Gasteiger partial charge in [-0.1, -0.05) is 6.07 Å². The SMILES string of the molecule is Cc1ccc2oc([C@@H]3O[C@H](CO)[C@@H](OP(=O)(O)OP(=O)(O)OP(=O)(O)O)[C@H]3O)nc2c1. The molecular formula is C13H18NO14P3. The largest absolute Gasteiger partial charge is 0.490 e. The molecule has 0 aliphatic carbocycles. The van der Waals surface area contributed by atoms with Gasteiger partial charge in [-0.2, -0.15) is 8.62 Å². The summed E-state index contributed by atoms with van der Waals surface area (Å²) < 4.78 is 56.9. The third-order valence-corrected chi connectivity index (χ3v) is 7.83. The van der Waals surface area contributed by atoms with Crippen LogP contribution in [0.2, 0.25) is 0 Å². The Labute approximate surface area is 173 Å². The smallest absolute Gasteiger partial charge is 0.438 e. The molecule has 0 bridgehead atoms. The minimum absolute atomic E-state index is 0.135. The summed E-state index contributed by atoms with van der Waals surface area (Å²) in [5, 5.41) is 20.0. The van der Waals surface area contributed by atoms with Crippen LogP contribution in [-0.4, -0.2) is 59.7 Å². The van der Waals surface area contributed by atoms with Crippen LogP contribution in [0, 0.1) is 6.92 Å². The first-order chi connectivity index (χ1) is 14.2. The van der Waals surface area contributed by atoms with Crippen molar-refractivity contribution in [3.05, 3.63) is 29.7 Å². The number of rotatable bonds is 8. The third kappa shape index (κ3) is 6.06. The first kappa shape index (κ1) is 24.6. The minimum atomic E-state index is -5.76. The maximum absolute atomic E-state index is 12.1. The van der Waals surface area contributed by atoms with Gasteiger partial charge in [0.2, 0.25) is 5.89 Å². The molecule has 1 saturated heterocycles. The van der Waals surface area contributed by atoms with Crippen LogP contribution in [0.15, 0.2) is 22.6 Å². The molecule has 18 heteroatoms. The summed E-state index contributed by atoms with van der Waals surface area (Å²) in [7, 11) is -16.9. The fourth-order valence-electron chi connectivity index (χ4n) is 2.85. The van der Waals surface area contributed by atoms with E-state index in [1.54, 1.807) is 18.2 Å². The molecule has 31 heavy (non-hydrogen) atoms. The molecule has 1 aliphatic rings. The van der Waals surface area contributed by atoms with Crippen molar-refractivity contribution < 1.29 is 65.8 Å². The van der Waals surface area contributed by atoms with E-state index >= 15 is 0 Å². The zero-order valence-corrected chi connectivity index (χ0v) is 18.2. The van der Waals surface area contributed by atoms with Gasteiger partial charge >= 0.3 is 23.5 Å². The van der Waals surface area contributed by atoms with Gasteiger partial charge in [-0.3, -0.25) is 4.52 Å². The standard InChI is InChI=1S/C13H18NO14P3/c1-6-2-3-8-7(4-6)14-13(25-8)12-10(16)11(9(5-15)24-12)26-30(20,21)28-31(22,23)27-29(17,18)19/h2-4,9-12,15-16H,5H2,1H3,(H,20,21)(H,22,23)(H2,17,18,19)/t9-,10-,11-,12-/m1/s1. The van der Waals surface area contributed by atoms with Crippen LogP contribution in [0.3, 0.4) is 0 Å². The second-order valence-corrected chi connectivity index (χ2v) is 10.8. The van der Waals surface area contributed by atoms with Crippen LogP contribution in [0.5, 0.6) is 0 Å². The lowest BCUT2D eigenvalue weighted by atomic mass is 10.1. The van der Waals surface area contributed by atoms with E-state index < -0.39 is 54.5 Å². The van der Waals surface area contributed by atoms with Gasteiger partial charge in [-0.15, -0.1) is 0 Å². The summed E-state index contributed by atoms with van der Waals surface area (Å²) in [4.78, 5) is 40.2. The number of aliphatic hydroxyl groups excluding tert-OH is 2. The Balaban J connectivity index is 1.79. The number of oxazole rings is 1. The van der Waals surface area contributed by atoms with Gasteiger partial charge in [-0.25, -0.2) is 18.7 Å². The number of aromatic nitrogens is 1. The Kier molecular flexibility index (Phi) is 6.93. The molecule has 3 rings (SSSR count).